The summed E-state index contributed by atoms with van der Waals surface area (Å²) in [7, 11) is 0. The molecule has 0 saturated heterocycles. The Kier molecular flexibility index (Phi) is 6.52. The van der Waals surface area contributed by atoms with E-state index in [0.29, 0.717) is 6.61 Å². The zero-order valence-electron chi connectivity index (χ0n) is 12.8. The molecule has 1 aromatic rings. The lowest BCUT2D eigenvalue weighted by molar-refractivity contribution is -0.124. The maximum absolute atomic E-state index is 12.0. The number of amides is 1. The van der Waals surface area contributed by atoms with Crippen LogP contribution in [0.3, 0.4) is 0 Å². The molecule has 4 heteroatoms. The van der Waals surface area contributed by atoms with Crippen molar-refractivity contribution >= 4 is 5.91 Å². The highest BCUT2D eigenvalue weighted by molar-refractivity contribution is 5.82. The summed E-state index contributed by atoms with van der Waals surface area (Å²) in [5.41, 5.74) is 6.97. The molecule has 2 unspecified atom stereocenters. The zero-order chi connectivity index (χ0) is 15.1. The van der Waals surface area contributed by atoms with Crippen LogP contribution in [-0.2, 0) is 4.79 Å². The molecule has 3 N–H and O–H groups in total. The first-order valence-corrected chi connectivity index (χ1v) is 7.28. The summed E-state index contributed by atoms with van der Waals surface area (Å²) < 4.78 is 5.40. The maximum Gasteiger partial charge on any atom is 0.237 e. The second kappa shape index (κ2) is 7.90. The third-order valence-electron chi connectivity index (χ3n) is 3.61. The smallest absolute Gasteiger partial charge is 0.237 e. The van der Waals surface area contributed by atoms with E-state index in [2.05, 4.69) is 5.32 Å². The first-order chi connectivity index (χ1) is 9.49. The highest BCUT2D eigenvalue weighted by atomic mass is 16.5. The Morgan fingerprint density at radius 2 is 1.85 bits per heavy atom. The van der Waals surface area contributed by atoms with Gasteiger partial charge in [-0.3, -0.25) is 4.79 Å². The predicted octanol–water partition coefficient (Wildman–Crippen LogP) is 2.64. The van der Waals surface area contributed by atoms with Crippen LogP contribution in [0.25, 0.3) is 0 Å². The molecule has 1 rings (SSSR count). The molecular formula is C16H26N2O2. The minimum Gasteiger partial charge on any atom is -0.494 e. The van der Waals surface area contributed by atoms with Gasteiger partial charge in [0.15, 0.2) is 0 Å². The number of benzene rings is 1. The fourth-order valence-corrected chi connectivity index (χ4v) is 1.92. The van der Waals surface area contributed by atoms with E-state index in [4.69, 9.17) is 10.5 Å². The third kappa shape index (κ3) is 4.53. The normalized spacial score (nSPS) is 15.2. The quantitative estimate of drug-likeness (QED) is 0.806. The molecule has 20 heavy (non-hydrogen) atoms. The number of hydrogen-bond acceptors (Lipinski definition) is 3. The van der Waals surface area contributed by atoms with Gasteiger partial charge in [-0.1, -0.05) is 32.4 Å². The van der Waals surface area contributed by atoms with Crippen molar-refractivity contribution in [3.63, 3.8) is 0 Å². The summed E-state index contributed by atoms with van der Waals surface area (Å²) in [4.78, 5) is 12.0. The van der Waals surface area contributed by atoms with Crippen molar-refractivity contribution in [3.8, 4) is 5.75 Å². The fourth-order valence-electron chi connectivity index (χ4n) is 1.92. The molecule has 0 aromatic heterocycles. The second-order valence-electron chi connectivity index (χ2n) is 5.14. The molecule has 0 radical (unpaired) electrons. The van der Waals surface area contributed by atoms with Crippen LogP contribution in [0.2, 0.25) is 0 Å². The molecule has 112 valence electrons. The lowest BCUT2D eigenvalue weighted by Gasteiger charge is -2.21. The Labute approximate surface area is 121 Å². The average Bonchev–Trinajstić information content (AvgIpc) is 2.46. The van der Waals surface area contributed by atoms with E-state index in [1.54, 1.807) is 0 Å². The van der Waals surface area contributed by atoms with Gasteiger partial charge in [0, 0.05) is 0 Å². The molecule has 0 saturated carbocycles. The molecule has 1 aromatic carbocycles. The number of ether oxygens (including phenoxy) is 1. The van der Waals surface area contributed by atoms with Gasteiger partial charge in [0.2, 0.25) is 5.91 Å². The highest BCUT2D eigenvalue weighted by Gasteiger charge is 2.21. The Morgan fingerprint density at radius 3 is 2.35 bits per heavy atom. The van der Waals surface area contributed by atoms with Gasteiger partial charge in [0.1, 0.15) is 5.75 Å². The summed E-state index contributed by atoms with van der Waals surface area (Å²) in [6, 6.07) is 7.24. The van der Waals surface area contributed by atoms with Crippen molar-refractivity contribution in [2.75, 3.05) is 6.61 Å². The van der Waals surface area contributed by atoms with Crippen molar-refractivity contribution in [1.82, 2.24) is 5.32 Å². The van der Waals surface area contributed by atoms with Crippen molar-refractivity contribution in [2.45, 2.75) is 46.2 Å². The molecule has 4 nitrogen and oxygen atoms in total. The van der Waals surface area contributed by atoms with Crippen molar-refractivity contribution in [3.05, 3.63) is 29.8 Å². The fraction of sp³-hybridized carbons (Fsp3) is 0.562. The van der Waals surface area contributed by atoms with E-state index in [-0.39, 0.29) is 17.9 Å². The van der Waals surface area contributed by atoms with E-state index in [0.717, 1.165) is 17.7 Å². The minimum absolute atomic E-state index is 0.0618. The molecule has 0 aliphatic heterocycles. The highest BCUT2D eigenvalue weighted by Crippen LogP contribution is 2.18. The van der Waals surface area contributed by atoms with Gasteiger partial charge in [-0.05, 0) is 37.5 Å². The Balaban J connectivity index is 2.61. The second-order valence-corrected chi connectivity index (χ2v) is 5.14. The van der Waals surface area contributed by atoms with Gasteiger partial charge in [0.05, 0.1) is 18.7 Å². The minimum atomic E-state index is -0.454. The maximum atomic E-state index is 12.0. The van der Waals surface area contributed by atoms with Crippen molar-refractivity contribution in [1.29, 1.82) is 0 Å². The van der Waals surface area contributed by atoms with E-state index < -0.39 is 6.04 Å². The van der Waals surface area contributed by atoms with Crippen LogP contribution < -0.4 is 15.8 Å². The largest absolute Gasteiger partial charge is 0.494 e. The number of nitrogens with two attached hydrogens (primary N) is 1. The Morgan fingerprint density at radius 1 is 1.25 bits per heavy atom. The van der Waals surface area contributed by atoms with Crippen LogP contribution >= 0.6 is 0 Å². The van der Waals surface area contributed by atoms with E-state index in [1.165, 1.54) is 0 Å². The number of hydrogen-bond donors (Lipinski definition) is 2. The standard InChI is InChI=1S/C16H26N2O2/c1-5-11(3)15(17)16(19)18-12(4)13-7-9-14(10-8-13)20-6-2/h7-12,15H,5-6,17H2,1-4H3,(H,18,19)/t11?,12?,15-/m0/s1. The van der Waals surface area contributed by atoms with Crippen LogP contribution in [0.1, 0.15) is 45.7 Å². The molecule has 0 heterocycles. The van der Waals surface area contributed by atoms with Gasteiger partial charge < -0.3 is 15.8 Å². The molecular weight excluding hydrogens is 252 g/mol. The van der Waals surface area contributed by atoms with Crippen molar-refractivity contribution in [2.24, 2.45) is 11.7 Å². The van der Waals surface area contributed by atoms with Crippen LogP contribution in [0.4, 0.5) is 0 Å². The van der Waals surface area contributed by atoms with Crippen molar-refractivity contribution < 1.29 is 9.53 Å². The molecule has 0 aliphatic rings. The first kappa shape index (κ1) is 16.5. The number of rotatable bonds is 7. The van der Waals surface area contributed by atoms with Gasteiger partial charge in [-0.15, -0.1) is 0 Å². The SMILES string of the molecule is CCOc1ccc(C(C)NC(=O)[C@@H](N)C(C)CC)cc1. The topological polar surface area (TPSA) is 64.3 Å². The molecule has 0 aliphatic carbocycles. The molecule has 3 atom stereocenters. The number of nitrogens with one attached hydrogen (secondary N) is 1. The summed E-state index contributed by atoms with van der Waals surface area (Å²) >= 11 is 0. The van der Waals surface area contributed by atoms with Crippen LogP contribution in [0, 0.1) is 5.92 Å². The summed E-state index contributed by atoms with van der Waals surface area (Å²) in [6.45, 7) is 8.58. The Bertz CT molecular complexity index is 417. The Hall–Kier alpha value is -1.55. The molecule has 0 spiro atoms. The van der Waals surface area contributed by atoms with Gasteiger partial charge >= 0.3 is 0 Å². The van der Waals surface area contributed by atoms with Gasteiger partial charge in [0.25, 0.3) is 0 Å². The molecule has 0 fully saturated rings. The van der Waals surface area contributed by atoms with E-state index in [1.807, 2.05) is 52.0 Å². The third-order valence-corrected chi connectivity index (χ3v) is 3.61. The number of carbonyl (C=O) groups is 1. The number of carbonyl (C=O) groups excluding carboxylic acids is 1. The van der Waals surface area contributed by atoms with Crippen LogP contribution in [0.15, 0.2) is 24.3 Å². The lowest BCUT2D eigenvalue weighted by atomic mass is 9.98. The zero-order valence-corrected chi connectivity index (χ0v) is 12.8. The lowest BCUT2D eigenvalue weighted by Crippen LogP contribution is -2.45. The van der Waals surface area contributed by atoms with Crippen LogP contribution in [0.5, 0.6) is 5.75 Å². The molecule has 1 amide bonds. The van der Waals surface area contributed by atoms with E-state index >= 15 is 0 Å². The van der Waals surface area contributed by atoms with Crippen LogP contribution in [-0.4, -0.2) is 18.6 Å². The monoisotopic (exact) mass is 278 g/mol. The average molecular weight is 278 g/mol. The first-order valence-electron chi connectivity index (χ1n) is 7.28. The summed E-state index contributed by atoms with van der Waals surface area (Å²) in [5.74, 6) is 0.925. The summed E-state index contributed by atoms with van der Waals surface area (Å²) in [6.07, 6.45) is 0.895. The van der Waals surface area contributed by atoms with E-state index in [9.17, 15) is 4.79 Å². The van der Waals surface area contributed by atoms with Gasteiger partial charge in [-0.25, -0.2) is 0 Å². The van der Waals surface area contributed by atoms with Gasteiger partial charge in [-0.2, -0.15) is 0 Å². The molecule has 0 bridgehead atoms. The summed E-state index contributed by atoms with van der Waals surface area (Å²) in [5, 5.41) is 2.96. The predicted molar refractivity (Wildman–Crippen MR) is 81.6 cm³/mol.